The van der Waals surface area contributed by atoms with Crippen LogP contribution in [0.3, 0.4) is 0 Å². The van der Waals surface area contributed by atoms with Crippen LogP contribution in [-0.4, -0.2) is 59.0 Å². The minimum atomic E-state index is -1.49. The fourth-order valence-electron chi connectivity index (χ4n) is 8.86. The van der Waals surface area contributed by atoms with Crippen LogP contribution in [0.15, 0.2) is 30.4 Å². The van der Waals surface area contributed by atoms with Crippen LogP contribution < -0.4 is 10.1 Å². The zero-order valence-electron chi connectivity index (χ0n) is 14.9. The minimum Gasteiger partial charge on any atom is -0.495 e. The largest absolute Gasteiger partial charge is 0.495 e. The first kappa shape index (κ1) is 14.2. The molecule has 1 aromatic carbocycles. The predicted molar refractivity (Wildman–Crippen MR) is 94.4 cm³/mol. The van der Waals surface area contributed by atoms with Gasteiger partial charge in [0.2, 0.25) is 0 Å². The molecule has 2 N–H and O–H groups in total. The molecule has 9 bridgehead atoms. The number of Topliss-reactive ketones (excluding diaryl/α,β-unsaturated/α-hetero) is 1. The van der Waals surface area contributed by atoms with Gasteiger partial charge in [0.25, 0.3) is 0 Å². The van der Waals surface area contributed by atoms with Gasteiger partial charge in [0, 0.05) is 18.0 Å². The molecule has 138 valence electrons. The number of anilines is 1. The van der Waals surface area contributed by atoms with Crippen molar-refractivity contribution in [2.45, 2.75) is 47.8 Å². The maximum absolute atomic E-state index is 13.7. The van der Waals surface area contributed by atoms with E-state index in [2.05, 4.69) is 28.4 Å². The van der Waals surface area contributed by atoms with Crippen LogP contribution in [0.5, 0.6) is 5.75 Å². The molecule has 3 spiro atoms. The number of nitrogens with one attached hydrogen (secondary N) is 1. The number of carbonyl (C=O) groups excluding carboxylic acids is 1. The maximum atomic E-state index is 13.7. The highest BCUT2D eigenvalue weighted by Gasteiger charge is 2.98. The molecule has 1 aromatic rings. The SMILES string of the molecule is COc1cccc2c1N[C@]13CC[C@]45C=CCN6[C@@H]7O[C@H]4[C@@]1(O)C(=O)[C@@H]7[C@]23[C@@H]65. The Kier molecular flexibility index (Phi) is 1.87. The third kappa shape index (κ3) is 0.921. The number of nitrogens with zero attached hydrogens (tertiary/aromatic N) is 1. The topological polar surface area (TPSA) is 71.0 Å². The molecule has 6 nitrogen and oxygen atoms in total. The van der Waals surface area contributed by atoms with E-state index in [1.807, 2.05) is 12.1 Å². The molecule has 9 atom stereocenters. The van der Waals surface area contributed by atoms with Gasteiger partial charge in [-0.25, -0.2) is 0 Å². The quantitative estimate of drug-likeness (QED) is 0.719. The summed E-state index contributed by atoms with van der Waals surface area (Å²) in [7, 11) is 1.68. The first-order valence-electron chi connectivity index (χ1n) is 9.89. The van der Waals surface area contributed by atoms with Crippen molar-refractivity contribution >= 4 is 11.5 Å². The van der Waals surface area contributed by atoms with Gasteiger partial charge in [0.15, 0.2) is 11.4 Å². The number of fused-ring (bicyclic) bond motifs is 2. The summed E-state index contributed by atoms with van der Waals surface area (Å²) in [4.78, 5) is 16.1. The van der Waals surface area contributed by atoms with E-state index in [0.717, 1.165) is 36.4 Å². The molecule has 4 aliphatic carbocycles. The fraction of sp³-hybridized carbons (Fsp3) is 0.571. The van der Waals surface area contributed by atoms with Crippen LogP contribution in [0.4, 0.5) is 5.69 Å². The smallest absolute Gasteiger partial charge is 0.177 e. The molecule has 3 saturated heterocycles. The van der Waals surface area contributed by atoms with Crippen LogP contribution in [0.1, 0.15) is 18.4 Å². The summed E-state index contributed by atoms with van der Waals surface area (Å²) >= 11 is 0. The van der Waals surface area contributed by atoms with Crippen molar-refractivity contribution in [3.05, 3.63) is 35.9 Å². The summed E-state index contributed by atoms with van der Waals surface area (Å²) in [5, 5.41) is 15.8. The van der Waals surface area contributed by atoms with Crippen molar-refractivity contribution in [3.8, 4) is 5.75 Å². The van der Waals surface area contributed by atoms with E-state index in [1.165, 1.54) is 0 Å². The Bertz CT molecular complexity index is 1020. The van der Waals surface area contributed by atoms with E-state index >= 15 is 0 Å². The lowest BCUT2D eigenvalue weighted by Gasteiger charge is -2.71. The standard InChI is InChI=1S/C21H20N2O4/c1-26-11-5-2-4-10-13(11)22-19-8-7-18-6-3-9-23-15-12(20(10,19)16(18)23)14(24)21(19,25)17(18)27-15/h2-6,12,15-17,22,25H,7-9H2,1H3/t12-,15+,16-,17+,18-,19-,20-,21-/m0/s1. The van der Waals surface area contributed by atoms with Crippen molar-refractivity contribution in [1.82, 2.24) is 4.90 Å². The molecule has 7 fully saturated rings. The summed E-state index contributed by atoms with van der Waals surface area (Å²) in [6.45, 7) is 0.809. The lowest BCUT2D eigenvalue weighted by Crippen LogP contribution is -2.87. The van der Waals surface area contributed by atoms with Crippen molar-refractivity contribution < 1.29 is 19.4 Å². The summed E-state index contributed by atoms with van der Waals surface area (Å²) in [5.74, 6) is 0.457. The Morgan fingerprint density at radius 2 is 2.26 bits per heavy atom. The molecule has 1 unspecified atom stereocenters. The van der Waals surface area contributed by atoms with Crippen LogP contribution in [0, 0.1) is 11.3 Å². The third-order valence-corrected chi connectivity index (χ3v) is 9.24. The monoisotopic (exact) mass is 364 g/mol. The number of carbonyl (C=O) groups is 1. The molecule has 0 radical (unpaired) electrons. The van der Waals surface area contributed by atoms with Gasteiger partial charge in [0.05, 0.1) is 29.7 Å². The second kappa shape index (κ2) is 3.56. The molecular formula is C21H20N2O4. The summed E-state index contributed by atoms with van der Waals surface area (Å²) < 4.78 is 12.2. The van der Waals surface area contributed by atoms with E-state index < -0.39 is 22.7 Å². The van der Waals surface area contributed by atoms with Gasteiger partial charge in [-0.05, 0) is 24.5 Å². The van der Waals surface area contributed by atoms with E-state index in [1.54, 1.807) is 7.11 Å². The Morgan fingerprint density at radius 1 is 1.37 bits per heavy atom. The Hall–Kier alpha value is -1.89. The Labute approximate surface area is 156 Å². The number of para-hydroxylation sites is 1. The number of aliphatic hydroxyl groups is 1. The molecule has 5 heterocycles. The number of hydrogen-bond acceptors (Lipinski definition) is 6. The third-order valence-electron chi connectivity index (χ3n) is 9.24. The van der Waals surface area contributed by atoms with Crippen molar-refractivity contribution in [1.29, 1.82) is 0 Å². The molecule has 6 heteroatoms. The number of hydrogen-bond donors (Lipinski definition) is 2. The molecule has 4 saturated carbocycles. The van der Waals surface area contributed by atoms with Gasteiger partial charge >= 0.3 is 0 Å². The second-order valence-electron chi connectivity index (χ2n) is 9.41. The van der Waals surface area contributed by atoms with Gasteiger partial charge in [-0.15, -0.1) is 0 Å². The van der Waals surface area contributed by atoms with Crippen LogP contribution in [0.2, 0.25) is 0 Å². The Balaban J connectivity index is 1.58. The number of benzene rings is 1. The average Bonchev–Trinajstić information content (AvgIpc) is 3.15. The van der Waals surface area contributed by atoms with Crippen LogP contribution >= 0.6 is 0 Å². The maximum Gasteiger partial charge on any atom is 0.177 e. The van der Waals surface area contributed by atoms with E-state index in [0.29, 0.717) is 0 Å². The van der Waals surface area contributed by atoms with Crippen LogP contribution in [-0.2, 0) is 14.9 Å². The second-order valence-corrected chi connectivity index (χ2v) is 9.41. The van der Waals surface area contributed by atoms with Gasteiger partial charge < -0.3 is 19.9 Å². The first-order valence-corrected chi connectivity index (χ1v) is 9.89. The molecule has 10 rings (SSSR count). The lowest BCUT2D eigenvalue weighted by atomic mass is 9.40. The van der Waals surface area contributed by atoms with E-state index in [4.69, 9.17) is 9.47 Å². The fourth-order valence-corrected chi connectivity index (χ4v) is 8.86. The zero-order valence-corrected chi connectivity index (χ0v) is 14.9. The van der Waals surface area contributed by atoms with Crippen molar-refractivity contribution in [2.24, 2.45) is 11.3 Å². The van der Waals surface area contributed by atoms with Gasteiger partial charge in [0.1, 0.15) is 18.1 Å². The van der Waals surface area contributed by atoms with Gasteiger partial charge in [-0.3, -0.25) is 9.69 Å². The minimum absolute atomic E-state index is 0.00547. The molecular weight excluding hydrogens is 344 g/mol. The normalized spacial score (nSPS) is 58.6. The molecule has 5 aliphatic heterocycles. The summed E-state index contributed by atoms with van der Waals surface area (Å²) in [6, 6.07) is 6.30. The highest BCUT2D eigenvalue weighted by molar-refractivity contribution is 6.04. The number of methoxy groups -OCH3 is 1. The van der Waals surface area contributed by atoms with E-state index in [9.17, 15) is 9.90 Å². The lowest BCUT2D eigenvalue weighted by molar-refractivity contribution is -0.306. The molecule has 9 aliphatic rings. The van der Waals surface area contributed by atoms with Crippen molar-refractivity contribution in [3.63, 3.8) is 0 Å². The number of ketones is 1. The highest BCUT2D eigenvalue weighted by Crippen LogP contribution is 2.83. The van der Waals surface area contributed by atoms with Crippen molar-refractivity contribution in [2.75, 3.05) is 19.0 Å². The zero-order chi connectivity index (χ0) is 18.0. The van der Waals surface area contributed by atoms with Gasteiger partial charge in [-0.2, -0.15) is 0 Å². The highest BCUT2D eigenvalue weighted by atomic mass is 16.5. The summed E-state index contributed by atoms with van der Waals surface area (Å²) in [5.41, 5.74) is -0.839. The van der Waals surface area contributed by atoms with E-state index in [-0.39, 0.29) is 29.4 Å². The average molecular weight is 364 g/mol. The molecule has 0 aromatic heterocycles. The number of ether oxygens (including phenoxy) is 2. The number of rotatable bonds is 1. The summed E-state index contributed by atoms with van der Waals surface area (Å²) in [6.07, 6.45) is 5.49. The molecule has 0 amide bonds. The molecule has 27 heavy (non-hydrogen) atoms. The van der Waals surface area contributed by atoms with Gasteiger partial charge in [-0.1, -0.05) is 24.3 Å². The first-order chi connectivity index (χ1) is 13.1. The Morgan fingerprint density at radius 3 is 3.11 bits per heavy atom. The van der Waals surface area contributed by atoms with Crippen LogP contribution in [0.25, 0.3) is 0 Å². The predicted octanol–water partition coefficient (Wildman–Crippen LogP) is 0.800.